The predicted molar refractivity (Wildman–Crippen MR) is 107 cm³/mol. The largest absolute Gasteiger partial charge is 0.320 e. The molecule has 27 heavy (non-hydrogen) atoms. The van der Waals surface area contributed by atoms with E-state index in [1.54, 1.807) is 35.0 Å². The molecule has 6 heteroatoms. The van der Waals surface area contributed by atoms with Crippen molar-refractivity contribution in [3.05, 3.63) is 82.1 Å². The van der Waals surface area contributed by atoms with E-state index in [9.17, 15) is 10.1 Å². The molecule has 0 bridgehead atoms. The van der Waals surface area contributed by atoms with Crippen LogP contribution in [0.15, 0.2) is 60.2 Å². The molecule has 1 heterocycles. The Bertz CT molecular complexity index is 1060. The monoisotopic (exact) mass is 376 g/mol. The minimum Gasteiger partial charge on any atom is -0.320 e. The molecule has 0 atom stereocenters. The minimum atomic E-state index is -0.517. The van der Waals surface area contributed by atoms with E-state index in [1.807, 2.05) is 50.2 Å². The van der Waals surface area contributed by atoms with Crippen LogP contribution in [0.4, 0.5) is 5.69 Å². The van der Waals surface area contributed by atoms with E-state index in [0.29, 0.717) is 10.7 Å². The third-order valence-electron chi connectivity index (χ3n) is 4.12. The molecular weight excluding hydrogens is 360 g/mol. The first-order chi connectivity index (χ1) is 13.0. The van der Waals surface area contributed by atoms with Gasteiger partial charge in [0.15, 0.2) is 0 Å². The van der Waals surface area contributed by atoms with Crippen LogP contribution in [-0.4, -0.2) is 15.7 Å². The minimum absolute atomic E-state index is 0.0197. The topological polar surface area (TPSA) is 70.7 Å². The Hall–Kier alpha value is -3.36. The standard InChI is InChI=1S/C21H17ClN4O/c1-14-18(15(2)26(25-14)17-8-4-3-5-9-17)12-16(13-23)21(27)24-20-11-7-6-10-19(20)22/h3-12H,1-2H3,(H,24,27)/b16-12+. The molecule has 0 saturated carbocycles. The number of nitrogens with zero attached hydrogens (tertiary/aromatic N) is 3. The van der Waals surface area contributed by atoms with Crippen LogP contribution in [0.1, 0.15) is 17.0 Å². The maximum absolute atomic E-state index is 12.5. The smallest absolute Gasteiger partial charge is 0.266 e. The highest BCUT2D eigenvalue weighted by molar-refractivity contribution is 6.34. The molecule has 5 nitrogen and oxygen atoms in total. The summed E-state index contributed by atoms with van der Waals surface area (Å²) in [6.07, 6.45) is 1.56. The molecule has 134 valence electrons. The summed E-state index contributed by atoms with van der Waals surface area (Å²) in [5.41, 5.74) is 3.67. The van der Waals surface area contributed by atoms with E-state index >= 15 is 0 Å². The van der Waals surface area contributed by atoms with Gasteiger partial charge in [-0.25, -0.2) is 4.68 Å². The van der Waals surface area contributed by atoms with E-state index in [1.165, 1.54) is 0 Å². The van der Waals surface area contributed by atoms with Gasteiger partial charge in [-0.3, -0.25) is 4.79 Å². The highest BCUT2D eigenvalue weighted by Gasteiger charge is 2.16. The molecule has 1 aromatic heterocycles. The fourth-order valence-electron chi connectivity index (χ4n) is 2.73. The highest BCUT2D eigenvalue weighted by Crippen LogP contribution is 2.23. The zero-order valence-corrected chi connectivity index (χ0v) is 15.7. The number of halogens is 1. The number of carbonyl (C=O) groups excluding carboxylic acids is 1. The van der Waals surface area contributed by atoms with Gasteiger partial charge in [-0.05, 0) is 44.2 Å². The Balaban J connectivity index is 1.95. The molecule has 1 amide bonds. The highest BCUT2D eigenvalue weighted by atomic mass is 35.5. The van der Waals surface area contributed by atoms with Gasteiger partial charge in [-0.2, -0.15) is 10.4 Å². The number of hydrogen-bond donors (Lipinski definition) is 1. The van der Waals surface area contributed by atoms with Crippen LogP contribution in [0, 0.1) is 25.2 Å². The van der Waals surface area contributed by atoms with E-state index in [-0.39, 0.29) is 5.57 Å². The molecule has 0 unspecified atom stereocenters. The molecule has 1 N–H and O–H groups in total. The number of nitriles is 1. The first-order valence-electron chi connectivity index (χ1n) is 8.30. The lowest BCUT2D eigenvalue weighted by atomic mass is 10.1. The number of carbonyl (C=O) groups is 1. The lowest BCUT2D eigenvalue weighted by Gasteiger charge is -2.06. The quantitative estimate of drug-likeness (QED) is 0.530. The molecule has 2 aromatic carbocycles. The summed E-state index contributed by atoms with van der Waals surface area (Å²) in [5, 5.41) is 17.1. The van der Waals surface area contributed by atoms with Crippen molar-refractivity contribution in [1.82, 2.24) is 9.78 Å². The van der Waals surface area contributed by atoms with Gasteiger partial charge in [0.1, 0.15) is 11.6 Å². The maximum atomic E-state index is 12.5. The lowest BCUT2D eigenvalue weighted by Crippen LogP contribution is -2.13. The van der Waals surface area contributed by atoms with Crippen LogP contribution < -0.4 is 5.32 Å². The van der Waals surface area contributed by atoms with Gasteiger partial charge >= 0.3 is 0 Å². The third kappa shape index (κ3) is 3.91. The second-order valence-corrected chi connectivity index (χ2v) is 6.34. The summed E-state index contributed by atoms with van der Waals surface area (Å²) in [7, 11) is 0. The van der Waals surface area contributed by atoms with E-state index in [4.69, 9.17) is 11.6 Å². The van der Waals surface area contributed by atoms with Crippen molar-refractivity contribution in [2.75, 3.05) is 5.32 Å². The SMILES string of the molecule is Cc1nn(-c2ccccc2)c(C)c1/C=C(\C#N)C(=O)Nc1ccccc1Cl. The molecule has 0 aliphatic heterocycles. The van der Waals surface area contributed by atoms with Gasteiger partial charge in [0.05, 0.1) is 22.1 Å². The average molecular weight is 377 g/mol. The number of anilines is 1. The normalized spacial score (nSPS) is 11.1. The van der Waals surface area contributed by atoms with Crippen LogP contribution in [0.5, 0.6) is 0 Å². The van der Waals surface area contributed by atoms with Gasteiger partial charge in [0.2, 0.25) is 0 Å². The van der Waals surface area contributed by atoms with Crippen molar-refractivity contribution in [2.45, 2.75) is 13.8 Å². The number of aromatic nitrogens is 2. The maximum Gasteiger partial charge on any atom is 0.266 e. The van der Waals surface area contributed by atoms with Crippen molar-refractivity contribution in [1.29, 1.82) is 5.26 Å². The number of hydrogen-bond acceptors (Lipinski definition) is 3. The van der Waals surface area contributed by atoms with E-state index in [0.717, 1.165) is 22.6 Å². The molecule has 0 aliphatic rings. The van der Waals surface area contributed by atoms with Gasteiger partial charge in [0, 0.05) is 11.3 Å². The summed E-state index contributed by atoms with van der Waals surface area (Å²) in [6, 6.07) is 18.5. The first kappa shape index (κ1) is 18.4. The van der Waals surface area contributed by atoms with Crippen molar-refractivity contribution in [2.24, 2.45) is 0 Å². The summed E-state index contributed by atoms with van der Waals surface area (Å²) in [6.45, 7) is 3.75. The van der Waals surface area contributed by atoms with Gasteiger partial charge in [-0.1, -0.05) is 41.9 Å². The molecule has 0 fully saturated rings. The second-order valence-electron chi connectivity index (χ2n) is 5.94. The van der Waals surface area contributed by atoms with Crippen molar-refractivity contribution in [3.8, 4) is 11.8 Å². The summed E-state index contributed by atoms with van der Waals surface area (Å²) >= 11 is 6.07. The van der Waals surface area contributed by atoms with Crippen molar-refractivity contribution in [3.63, 3.8) is 0 Å². The number of benzene rings is 2. The van der Waals surface area contributed by atoms with Crippen LogP contribution in [0.2, 0.25) is 5.02 Å². The number of para-hydroxylation sites is 2. The van der Waals surface area contributed by atoms with Crippen LogP contribution in [0.3, 0.4) is 0 Å². The molecule has 0 saturated heterocycles. The lowest BCUT2D eigenvalue weighted by molar-refractivity contribution is -0.112. The van der Waals surface area contributed by atoms with Gasteiger partial charge < -0.3 is 5.32 Å². The molecule has 0 spiro atoms. The van der Waals surface area contributed by atoms with Crippen LogP contribution in [0.25, 0.3) is 11.8 Å². The van der Waals surface area contributed by atoms with Gasteiger partial charge in [-0.15, -0.1) is 0 Å². The van der Waals surface area contributed by atoms with Crippen molar-refractivity contribution >= 4 is 29.3 Å². The van der Waals surface area contributed by atoms with Crippen LogP contribution >= 0.6 is 11.6 Å². The average Bonchev–Trinajstić information content (AvgIpc) is 2.96. The van der Waals surface area contributed by atoms with Gasteiger partial charge in [0.25, 0.3) is 5.91 Å². The Morgan fingerprint density at radius 1 is 1.15 bits per heavy atom. The zero-order valence-electron chi connectivity index (χ0n) is 14.9. The summed E-state index contributed by atoms with van der Waals surface area (Å²) < 4.78 is 1.79. The number of aryl methyl sites for hydroxylation is 1. The van der Waals surface area contributed by atoms with Crippen LogP contribution in [-0.2, 0) is 4.79 Å². The summed E-state index contributed by atoms with van der Waals surface area (Å²) in [5.74, 6) is -0.517. The molecule has 3 aromatic rings. The van der Waals surface area contributed by atoms with Crippen molar-refractivity contribution < 1.29 is 4.79 Å². The Kier molecular flexibility index (Phi) is 5.39. The Labute approximate surface area is 162 Å². The number of rotatable bonds is 4. The first-order valence-corrected chi connectivity index (χ1v) is 8.68. The Morgan fingerprint density at radius 3 is 2.48 bits per heavy atom. The summed E-state index contributed by atoms with van der Waals surface area (Å²) in [4.78, 5) is 12.5. The fraction of sp³-hybridized carbons (Fsp3) is 0.0952. The number of amides is 1. The predicted octanol–water partition coefficient (Wildman–Crippen LogP) is 4.69. The third-order valence-corrected chi connectivity index (χ3v) is 4.45. The zero-order chi connectivity index (χ0) is 19.4. The molecule has 0 aliphatic carbocycles. The fourth-order valence-corrected chi connectivity index (χ4v) is 2.91. The molecular formula is C21H17ClN4O. The Morgan fingerprint density at radius 2 is 1.81 bits per heavy atom. The van der Waals surface area contributed by atoms with E-state index in [2.05, 4.69) is 10.4 Å². The number of nitrogens with one attached hydrogen (secondary N) is 1. The van der Waals surface area contributed by atoms with E-state index < -0.39 is 5.91 Å². The molecule has 3 rings (SSSR count). The molecule has 0 radical (unpaired) electrons. The second kappa shape index (κ2) is 7.90.